The summed E-state index contributed by atoms with van der Waals surface area (Å²) in [6.45, 7) is 2.10. The number of halogens is 4. The summed E-state index contributed by atoms with van der Waals surface area (Å²) < 4.78 is 50.7. The van der Waals surface area contributed by atoms with Gasteiger partial charge in [-0.1, -0.05) is 31.4 Å². The van der Waals surface area contributed by atoms with Crippen LogP contribution in [0.15, 0.2) is 57.8 Å². The van der Waals surface area contributed by atoms with Crippen molar-refractivity contribution in [3.63, 3.8) is 0 Å². The summed E-state index contributed by atoms with van der Waals surface area (Å²) in [5.41, 5.74) is 1.75. The largest absolute Gasteiger partial charge is 0.482 e. The summed E-state index contributed by atoms with van der Waals surface area (Å²) >= 11 is 1.61. The molecule has 10 heteroatoms. The molecule has 0 atom stereocenters. The SMILES string of the molecule is Cc1cc(SCc2cc(-c3ccc(C(F)(F)F)cc3)oc2CN(C)C2CCCCC2)ccc1OCC(=O)O.Cl. The van der Waals surface area contributed by atoms with Gasteiger partial charge in [0.15, 0.2) is 6.61 Å². The van der Waals surface area contributed by atoms with Crippen molar-refractivity contribution < 1.29 is 32.2 Å². The van der Waals surface area contributed by atoms with Crippen molar-refractivity contribution in [3.05, 3.63) is 71.0 Å². The molecular weight excluding hydrogens is 551 g/mol. The number of hydrogen-bond acceptors (Lipinski definition) is 5. The minimum atomic E-state index is -4.39. The van der Waals surface area contributed by atoms with Crippen molar-refractivity contribution in [3.8, 4) is 17.1 Å². The molecule has 1 aliphatic rings. The zero-order valence-electron chi connectivity index (χ0n) is 21.9. The van der Waals surface area contributed by atoms with Gasteiger partial charge >= 0.3 is 12.1 Å². The number of ether oxygens (including phenoxy) is 1. The number of benzene rings is 2. The molecule has 3 aromatic rings. The lowest BCUT2D eigenvalue weighted by molar-refractivity contribution is -0.139. The standard InChI is InChI=1S/C29H32F3NO4S.ClH/c1-19-14-24(12-13-25(19)36-17-28(34)35)38-18-21-15-26(20-8-10-22(11-9-20)29(30,31)32)37-27(21)16-33(2)23-6-4-3-5-7-23;/h8-15,23H,3-7,16-18H2,1-2H3,(H,34,35);1H. The van der Waals surface area contributed by atoms with E-state index in [1.807, 2.05) is 25.1 Å². The lowest BCUT2D eigenvalue weighted by Crippen LogP contribution is -2.32. The second-order valence-corrected chi connectivity index (χ2v) is 10.8. The van der Waals surface area contributed by atoms with Gasteiger partial charge in [0.2, 0.25) is 0 Å². The topological polar surface area (TPSA) is 62.9 Å². The van der Waals surface area contributed by atoms with Gasteiger partial charge in [0.05, 0.1) is 12.1 Å². The predicted octanol–water partition coefficient (Wildman–Crippen LogP) is 8.22. The Morgan fingerprint density at radius 2 is 1.79 bits per heavy atom. The molecule has 1 aliphatic carbocycles. The average Bonchev–Trinajstić information content (AvgIpc) is 3.29. The van der Waals surface area contributed by atoms with Gasteiger partial charge < -0.3 is 14.3 Å². The van der Waals surface area contributed by atoms with Crippen molar-refractivity contribution in [2.45, 2.75) is 68.4 Å². The number of aliphatic carboxylic acids is 1. The van der Waals surface area contributed by atoms with Crippen LogP contribution in [0.3, 0.4) is 0 Å². The Bertz CT molecular complexity index is 1240. The first kappa shape index (κ1) is 30.9. The van der Waals surface area contributed by atoms with E-state index in [2.05, 4.69) is 11.9 Å². The third-order valence-electron chi connectivity index (χ3n) is 6.88. The first-order chi connectivity index (χ1) is 18.1. The third kappa shape index (κ3) is 8.43. The molecule has 212 valence electrons. The minimum absolute atomic E-state index is 0. The van der Waals surface area contributed by atoms with Crippen LogP contribution in [-0.2, 0) is 23.3 Å². The average molecular weight is 584 g/mol. The molecular formula is C29H33ClF3NO4S. The number of rotatable bonds is 10. The maximum absolute atomic E-state index is 13.0. The second kappa shape index (κ2) is 13.6. The number of thioether (sulfide) groups is 1. The van der Waals surface area contributed by atoms with Crippen LogP contribution < -0.4 is 4.74 Å². The van der Waals surface area contributed by atoms with Crippen molar-refractivity contribution in [2.24, 2.45) is 0 Å². The van der Waals surface area contributed by atoms with Crippen LogP contribution in [-0.4, -0.2) is 35.7 Å². The molecule has 0 unspecified atom stereocenters. The molecule has 4 rings (SSSR count). The van der Waals surface area contributed by atoms with Gasteiger partial charge in [-0.3, -0.25) is 4.90 Å². The summed E-state index contributed by atoms with van der Waals surface area (Å²) in [5.74, 6) is 1.48. The molecule has 1 heterocycles. The summed E-state index contributed by atoms with van der Waals surface area (Å²) in [7, 11) is 2.10. The third-order valence-corrected chi connectivity index (χ3v) is 7.92. The fraction of sp³-hybridized carbons (Fsp3) is 0.414. The lowest BCUT2D eigenvalue weighted by atomic mass is 9.94. The molecule has 0 aliphatic heterocycles. The number of carboxylic acid groups (broad SMARTS) is 1. The molecule has 0 amide bonds. The fourth-order valence-corrected chi connectivity index (χ4v) is 5.73. The predicted molar refractivity (Wildman–Crippen MR) is 149 cm³/mol. The first-order valence-electron chi connectivity index (χ1n) is 12.7. The minimum Gasteiger partial charge on any atom is -0.482 e. The second-order valence-electron chi connectivity index (χ2n) is 9.74. The van der Waals surface area contributed by atoms with Crippen molar-refractivity contribution in [1.29, 1.82) is 0 Å². The van der Waals surface area contributed by atoms with Crippen LogP contribution in [0.4, 0.5) is 13.2 Å². The molecule has 0 saturated heterocycles. The zero-order chi connectivity index (χ0) is 27.3. The lowest BCUT2D eigenvalue weighted by Gasteiger charge is -2.30. The molecule has 0 bridgehead atoms. The Morgan fingerprint density at radius 1 is 1.10 bits per heavy atom. The normalized spacial score (nSPS) is 14.3. The van der Waals surface area contributed by atoms with Crippen LogP contribution in [0.1, 0.15) is 54.6 Å². The summed E-state index contributed by atoms with van der Waals surface area (Å²) in [4.78, 5) is 14.1. The molecule has 1 aromatic heterocycles. The molecule has 1 N–H and O–H groups in total. The van der Waals surface area contributed by atoms with Crippen LogP contribution in [0, 0.1) is 6.92 Å². The van der Waals surface area contributed by atoms with Crippen molar-refractivity contribution in [1.82, 2.24) is 4.90 Å². The Hall–Kier alpha value is -2.62. The number of carbonyl (C=O) groups is 1. The number of carboxylic acids is 1. The van der Waals surface area contributed by atoms with Crippen LogP contribution in [0.2, 0.25) is 0 Å². The van der Waals surface area contributed by atoms with E-state index in [1.165, 1.54) is 31.4 Å². The molecule has 5 nitrogen and oxygen atoms in total. The highest BCUT2D eigenvalue weighted by Gasteiger charge is 2.30. The van der Waals surface area contributed by atoms with Gasteiger partial charge in [0.1, 0.15) is 17.3 Å². The van der Waals surface area contributed by atoms with E-state index in [0.717, 1.165) is 46.8 Å². The van der Waals surface area contributed by atoms with E-state index in [4.69, 9.17) is 14.3 Å². The smallest absolute Gasteiger partial charge is 0.416 e. The Kier molecular flexibility index (Phi) is 10.8. The number of furan rings is 1. The van der Waals surface area contributed by atoms with E-state index in [0.29, 0.717) is 35.4 Å². The van der Waals surface area contributed by atoms with Gasteiger partial charge in [-0.25, -0.2) is 4.79 Å². The monoisotopic (exact) mass is 583 g/mol. The van der Waals surface area contributed by atoms with Crippen LogP contribution in [0.5, 0.6) is 5.75 Å². The Balaban J connectivity index is 0.00000420. The summed E-state index contributed by atoms with van der Waals surface area (Å²) in [6.07, 6.45) is 1.63. The van der Waals surface area contributed by atoms with E-state index in [1.54, 1.807) is 17.8 Å². The molecule has 1 saturated carbocycles. The molecule has 1 fully saturated rings. The zero-order valence-corrected chi connectivity index (χ0v) is 23.6. The van der Waals surface area contributed by atoms with Gasteiger partial charge in [-0.2, -0.15) is 13.2 Å². The fourth-order valence-electron chi connectivity index (χ4n) is 4.74. The maximum atomic E-state index is 13.0. The summed E-state index contributed by atoms with van der Waals surface area (Å²) in [5, 5.41) is 8.84. The quantitative estimate of drug-likeness (QED) is 0.243. The van der Waals surface area contributed by atoms with Crippen molar-refractivity contribution in [2.75, 3.05) is 13.7 Å². The van der Waals surface area contributed by atoms with Gasteiger partial charge in [0, 0.05) is 27.8 Å². The van der Waals surface area contributed by atoms with Gasteiger partial charge in [-0.15, -0.1) is 24.2 Å². The Morgan fingerprint density at radius 3 is 2.41 bits per heavy atom. The molecule has 2 aromatic carbocycles. The number of alkyl halides is 3. The van der Waals surface area contributed by atoms with Gasteiger partial charge in [0.25, 0.3) is 0 Å². The summed E-state index contributed by atoms with van der Waals surface area (Å²) in [6, 6.07) is 13.1. The number of hydrogen-bond donors (Lipinski definition) is 1. The number of nitrogens with zero attached hydrogens (tertiary/aromatic N) is 1. The van der Waals surface area contributed by atoms with E-state index in [-0.39, 0.29) is 12.4 Å². The molecule has 39 heavy (non-hydrogen) atoms. The highest BCUT2D eigenvalue weighted by Crippen LogP contribution is 2.35. The van der Waals surface area contributed by atoms with Crippen molar-refractivity contribution >= 4 is 30.1 Å². The van der Waals surface area contributed by atoms with E-state index in [9.17, 15) is 18.0 Å². The maximum Gasteiger partial charge on any atom is 0.416 e. The first-order valence-corrected chi connectivity index (χ1v) is 13.7. The highest BCUT2D eigenvalue weighted by atomic mass is 35.5. The molecule has 0 radical (unpaired) electrons. The van der Waals surface area contributed by atoms with Crippen LogP contribution >= 0.6 is 24.2 Å². The van der Waals surface area contributed by atoms with E-state index >= 15 is 0 Å². The molecule has 0 spiro atoms. The highest BCUT2D eigenvalue weighted by molar-refractivity contribution is 7.98. The van der Waals surface area contributed by atoms with Gasteiger partial charge in [-0.05, 0) is 68.8 Å². The number of aryl methyl sites for hydroxylation is 1. The van der Waals surface area contributed by atoms with E-state index < -0.39 is 24.3 Å². The van der Waals surface area contributed by atoms with Crippen LogP contribution in [0.25, 0.3) is 11.3 Å². The Labute approximate surface area is 237 Å².